The number of rotatable bonds is 5. The Morgan fingerprint density at radius 3 is 2.90 bits per heavy atom. The van der Waals surface area contributed by atoms with Gasteiger partial charge in [0.1, 0.15) is 0 Å². The normalized spacial score (nSPS) is 12.2. The van der Waals surface area contributed by atoms with Crippen molar-refractivity contribution in [2.24, 2.45) is 0 Å². The highest BCUT2D eigenvalue weighted by Gasteiger charge is 2.15. The SMILES string of the molecule is CCC(CO)NC(=O)c1cn(-c2ccccc2Cl)nn1. The maximum absolute atomic E-state index is 11.9. The van der Waals surface area contributed by atoms with Gasteiger partial charge in [0.2, 0.25) is 0 Å². The summed E-state index contributed by atoms with van der Waals surface area (Å²) in [6.07, 6.45) is 2.14. The molecule has 1 aromatic carbocycles. The molecule has 0 spiro atoms. The fraction of sp³-hybridized carbons (Fsp3) is 0.308. The highest BCUT2D eigenvalue weighted by Crippen LogP contribution is 2.18. The lowest BCUT2D eigenvalue weighted by Crippen LogP contribution is -2.37. The van der Waals surface area contributed by atoms with E-state index in [1.54, 1.807) is 12.1 Å². The first-order valence-electron chi connectivity index (χ1n) is 6.24. The van der Waals surface area contributed by atoms with Gasteiger partial charge in [0, 0.05) is 0 Å². The smallest absolute Gasteiger partial charge is 0.273 e. The standard InChI is InChI=1S/C13H15ClN4O2/c1-2-9(8-19)15-13(20)11-7-18(17-16-11)12-6-4-3-5-10(12)14/h3-7,9,19H,2,8H2,1H3,(H,15,20). The van der Waals surface area contributed by atoms with Crippen LogP contribution in [0.3, 0.4) is 0 Å². The van der Waals surface area contributed by atoms with Crippen molar-refractivity contribution >= 4 is 17.5 Å². The molecule has 0 saturated carbocycles. The summed E-state index contributed by atoms with van der Waals surface area (Å²) in [5.41, 5.74) is 0.826. The van der Waals surface area contributed by atoms with Crippen LogP contribution in [-0.4, -0.2) is 38.7 Å². The molecule has 7 heteroatoms. The van der Waals surface area contributed by atoms with Crippen molar-refractivity contribution in [2.45, 2.75) is 19.4 Å². The summed E-state index contributed by atoms with van der Waals surface area (Å²) in [7, 11) is 0. The van der Waals surface area contributed by atoms with Crippen molar-refractivity contribution in [2.75, 3.05) is 6.61 Å². The number of halogens is 1. The van der Waals surface area contributed by atoms with Gasteiger partial charge in [-0.2, -0.15) is 0 Å². The van der Waals surface area contributed by atoms with Crippen molar-refractivity contribution in [1.82, 2.24) is 20.3 Å². The van der Waals surface area contributed by atoms with E-state index in [0.717, 1.165) is 0 Å². The Kier molecular flexibility index (Phi) is 4.70. The first-order valence-corrected chi connectivity index (χ1v) is 6.62. The molecule has 1 heterocycles. The lowest BCUT2D eigenvalue weighted by atomic mass is 10.2. The summed E-state index contributed by atoms with van der Waals surface area (Å²) >= 11 is 6.05. The summed E-state index contributed by atoms with van der Waals surface area (Å²) in [5, 5.41) is 20.0. The summed E-state index contributed by atoms with van der Waals surface area (Å²) in [6, 6.07) is 6.86. The van der Waals surface area contributed by atoms with Crippen molar-refractivity contribution in [3.05, 3.63) is 41.2 Å². The minimum absolute atomic E-state index is 0.110. The molecular formula is C13H15ClN4O2. The number of carbonyl (C=O) groups excluding carboxylic acids is 1. The molecule has 0 aliphatic carbocycles. The maximum atomic E-state index is 11.9. The molecule has 20 heavy (non-hydrogen) atoms. The van der Waals surface area contributed by atoms with Crippen molar-refractivity contribution in [3.63, 3.8) is 0 Å². The van der Waals surface area contributed by atoms with Gasteiger partial charge in [0.25, 0.3) is 5.91 Å². The van der Waals surface area contributed by atoms with Gasteiger partial charge < -0.3 is 10.4 Å². The largest absolute Gasteiger partial charge is 0.394 e. The number of hydrogen-bond donors (Lipinski definition) is 2. The van der Waals surface area contributed by atoms with Crippen LogP contribution < -0.4 is 5.32 Å². The third-order valence-corrected chi connectivity index (χ3v) is 3.19. The Morgan fingerprint density at radius 1 is 1.50 bits per heavy atom. The molecule has 0 aliphatic rings. The predicted molar refractivity (Wildman–Crippen MR) is 75.0 cm³/mol. The second-order valence-corrected chi connectivity index (χ2v) is 4.67. The molecule has 0 radical (unpaired) electrons. The molecule has 1 aromatic heterocycles. The van der Waals surface area contributed by atoms with Crippen molar-refractivity contribution < 1.29 is 9.90 Å². The van der Waals surface area contributed by atoms with Crippen LogP contribution in [0.2, 0.25) is 5.02 Å². The highest BCUT2D eigenvalue weighted by molar-refractivity contribution is 6.32. The molecular weight excluding hydrogens is 280 g/mol. The quantitative estimate of drug-likeness (QED) is 0.874. The number of nitrogens with zero attached hydrogens (tertiary/aromatic N) is 3. The molecule has 106 valence electrons. The van der Waals surface area contributed by atoms with E-state index in [-0.39, 0.29) is 24.2 Å². The molecule has 1 unspecified atom stereocenters. The second-order valence-electron chi connectivity index (χ2n) is 4.26. The number of nitrogens with one attached hydrogen (secondary N) is 1. The lowest BCUT2D eigenvalue weighted by Gasteiger charge is -2.12. The number of benzene rings is 1. The van der Waals surface area contributed by atoms with Gasteiger partial charge in [-0.1, -0.05) is 35.9 Å². The summed E-state index contributed by atoms with van der Waals surface area (Å²) in [5.74, 6) is -0.371. The first-order chi connectivity index (χ1) is 9.65. The Hall–Kier alpha value is -1.92. The van der Waals surface area contributed by atoms with Crippen LogP contribution in [0.5, 0.6) is 0 Å². The molecule has 2 aromatic rings. The van der Waals surface area contributed by atoms with Crippen LogP contribution in [-0.2, 0) is 0 Å². The van der Waals surface area contributed by atoms with E-state index < -0.39 is 0 Å². The second kappa shape index (κ2) is 6.49. The third kappa shape index (κ3) is 3.15. The van der Waals surface area contributed by atoms with Crippen LogP contribution in [0.15, 0.2) is 30.5 Å². The predicted octanol–water partition coefficient (Wildman–Crippen LogP) is 1.42. The number of aliphatic hydroxyl groups excluding tert-OH is 1. The van der Waals surface area contributed by atoms with Gasteiger partial charge in [-0.3, -0.25) is 4.79 Å². The van der Waals surface area contributed by atoms with Gasteiger partial charge in [0.15, 0.2) is 5.69 Å². The topological polar surface area (TPSA) is 80.0 Å². The third-order valence-electron chi connectivity index (χ3n) is 2.87. The van der Waals surface area contributed by atoms with E-state index in [1.807, 2.05) is 19.1 Å². The number of amides is 1. The average Bonchev–Trinajstić information content (AvgIpc) is 2.94. The van der Waals surface area contributed by atoms with Gasteiger partial charge in [-0.05, 0) is 18.6 Å². The molecule has 0 bridgehead atoms. The lowest BCUT2D eigenvalue weighted by molar-refractivity contribution is 0.0910. The number of para-hydroxylation sites is 1. The van der Waals surface area contributed by atoms with Crippen molar-refractivity contribution in [3.8, 4) is 5.69 Å². The van der Waals surface area contributed by atoms with Gasteiger partial charge in [0.05, 0.1) is 29.6 Å². The van der Waals surface area contributed by atoms with Crippen LogP contribution >= 0.6 is 11.6 Å². The van der Waals surface area contributed by atoms with Gasteiger partial charge in [-0.15, -0.1) is 5.10 Å². The summed E-state index contributed by atoms with van der Waals surface area (Å²) in [6.45, 7) is 1.77. The van der Waals surface area contributed by atoms with Crippen LogP contribution in [0.4, 0.5) is 0 Å². The molecule has 0 aliphatic heterocycles. The Bertz CT molecular complexity index is 596. The van der Waals surface area contributed by atoms with Gasteiger partial charge >= 0.3 is 0 Å². The van der Waals surface area contributed by atoms with Crippen LogP contribution in [0, 0.1) is 0 Å². The molecule has 0 saturated heterocycles. The van der Waals surface area contributed by atoms with E-state index in [1.165, 1.54) is 10.9 Å². The fourth-order valence-electron chi connectivity index (χ4n) is 1.66. The number of carbonyl (C=O) groups is 1. The zero-order valence-electron chi connectivity index (χ0n) is 11.0. The minimum atomic E-state index is -0.371. The van der Waals surface area contributed by atoms with E-state index in [2.05, 4.69) is 15.6 Å². The first kappa shape index (κ1) is 14.5. The zero-order chi connectivity index (χ0) is 14.5. The fourth-order valence-corrected chi connectivity index (χ4v) is 1.88. The van der Waals surface area contributed by atoms with E-state index in [4.69, 9.17) is 16.7 Å². The van der Waals surface area contributed by atoms with E-state index in [0.29, 0.717) is 17.1 Å². The zero-order valence-corrected chi connectivity index (χ0v) is 11.7. The Balaban J connectivity index is 2.17. The van der Waals surface area contributed by atoms with Crippen LogP contribution in [0.25, 0.3) is 5.69 Å². The maximum Gasteiger partial charge on any atom is 0.273 e. The molecule has 2 rings (SSSR count). The van der Waals surface area contributed by atoms with Crippen molar-refractivity contribution in [1.29, 1.82) is 0 Å². The average molecular weight is 295 g/mol. The molecule has 1 amide bonds. The monoisotopic (exact) mass is 294 g/mol. The molecule has 2 N–H and O–H groups in total. The summed E-state index contributed by atoms with van der Waals surface area (Å²) in [4.78, 5) is 11.9. The Morgan fingerprint density at radius 2 is 2.25 bits per heavy atom. The molecule has 1 atom stereocenters. The number of hydrogen-bond acceptors (Lipinski definition) is 4. The molecule has 0 fully saturated rings. The van der Waals surface area contributed by atoms with E-state index in [9.17, 15) is 4.79 Å². The number of aliphatic hydroxyl groups is 1. The van der Waals surface area contributed by atoms with E-state index >= 15 is 0 Å². The van der Waals surface area contributed by atoms with Crippen LogP contribution in [0.1, 0.15) is 23.8 Å². The van der Waals surface area contributed by atoms with Gasteiger partial charge in [-0.25, -0.2) is 4.68 Å². The minimum Gasteiger partial charge on any atom is -0.394 e. The summed E-state index contributed by atoms with van der Waals surface area (Å²) < 4.78 is 1.44. The Labute approximate surface area is 121 Å². The highest BCUT2D eigenvalue weighted by atomic mass is 35.5. The molecule has 6 nitrogen and oxygen atoms in total. The number of aromatic nitrogens is 3.